The summed E-state index contributed by atoms with van der Waals surface area (Å²) in [5.41, 5.74) is 3.78. The number of halogens is 1. The Bertz CT molecular complexity index is 1440. The van der Waals surface area contributed by atoms with Crippen molar-refractivity contribution in [1.82, 2.24) is 4.90 Å². The number of ether oxygens (including phenoxy) is 1. The number of amidine groups is 1. The van der Waals surface area contributed by atoms with Gasteiger partial charge in [-0.1, -0.05) is 94.8 Å². The Balaban J connectivity index is 1.46. The van der Waals surface area contributed by atoms with Crippen molar-refractivity contribution in [2.24, 2.45) is 4.99 Å². The summed E-state index contributed by atoms with van der Waals surface area (Å²) in [4.78, 5) is 21.0. The molecule has 0 N–H and O–H groups in total. The highest BCUT2D eigenvalue weighted by Crippen LogP contribution is 2.40. The summed E-state index contributed by atoms with van der Waals surface area (Å²) in [6, 6.07) is 35.4. The van der Waals surface area contributed by atoms with Crippen molar-refractivity contribution >= 4 is 50.5 Å². The molecule has 1 aliphatic heterocycles. The molecule has 5 rings (SSSR count). The van der Waals surface area contributed by atoms with Gasteiger partial charge in [-0.2, -0.15) is 0 Å². The van der Waals surface area contributed by atoms with E-state index >= 15 is 0 Å². The maximum atomic E-state index is 13.8. The molecule has 6 heteroatoms. The Morgan fingerprint density at radius 3 is 2.27 bits per heavy atom. The van der Waals surface area contributed by atoms with Gasteiger partial charge in [-0.15, -0.1) is 0 Å². The first-order chi connectivity index (χ1) is 18.1. The predicted octanol–water partition coefficient (Wildman–Crippen LogP) is 8.39. The normalized spacial score (nSPS) is 16.4. The quantitative estimate of drug-likeness (QED) is 0.210. The van der Waals surface area contributed by atoms with Crippen molar-refractivity contribution < 1.29 is 9.53 Å². The average Bonchev–Trinajstić information content (AvgIpc) is 3.23. The standard InChI is InChI=1S/C31H25BrN2O2S/c1-22(24-10-4-2-5-11-24)34-30(35)29(37-31(34)33-27-13-6-3-7-14-27)20-25-12-8-9-15-28(25)36-21-23-16-18-26(32)19-17-23/h2-20,22H,21H2,1H3/b29-20+,33-31?/t22-/m0/s1. The first-order valence-electron chi connectivity index (χ1n) is 12.0. The second-order valence-electron chi connectivity index (χ2n) is 8.56. The fourth-order valence-corrected chi connectivity index (χ4v) is 5.34. The van der Waals surface area contributed by atoms with Gasteiger partial charge in [0.15, 0.2) is 5.17 Å². The summed E-state index contributed by atoms with van der Waals surface area (Å²) in [6.45, 7) is 2.47. The molecule has 1 fully saturated rings. The number of benzene rings is 4. The molecular weight excluding hydrogens is 544 g/mol. The molecule has 0 unspecified atom stereocenters. The minimum Gasteiger partial charge on any atom is -0.488 e. The Morgan fingerprint density at radius 1 is 0.892 bits per heavy atom. The predicted molar refractivity (Wildman–Crippen MR) is 156 cm³/mol. The zero-order valence-electron chi connectivity index (χ0n) is 20.3. The van der Waals surface area contributed by atoms with Crippen molar-refractivity contribution in [3.8, 4) is 5.75 Å². The van der Waals surface area contributed by atoms with Gasteiger partial charge in [-0.05, 0) is 66.2 Å². The first-order valence-corrected chi connectivity index (χ1v) is 13.6. The van der Waals surface area contributed by atoms with E-state index in [1.807, 2.05) is 122 Å². The minimum atomic E-state index is -0.168. The number of hydrogen-bond acceptors (Lipinski definition) is 4. The number of nitrogens with zero attached hydrogens (tertiary/aromatic N) is 2. The lowest BCUT2D eigenvalue weighted by molar-refractivity contribution is -0.123. The van der Waals surface area contributed by atoms with Crippen molar-refractivity contribution in [1.29, 1.82) is 0 Å². The van der Waals surface area contributed by atoms with Crippen molar-refractivity contribution in [3.63, 3.8) is 0 Å². The van der Waals surface area contributed by atoms with Crippen LogP contribution in [-0.4, -0.2) is 16.0 Å². The van der Waals surface area contributed by atoms with E-state index in [0.717, 1.165) is 32.6 Å². The fraction of sp³-hybridized carbons (Fsp3) is 0.0968. The van der Waals surface area contributed by atoms with Gasteiger partial charge in [0.1, 0.15) is 12.4 Å². The van der Waals surface area contributed by atoms with E-state index < -0.39 is 0 Å². The van der Waals surface area contributed by atoms with Crippen molar-refractivity contribution in [2.45, 2.75) is 19.6 Å². The van der Waals surface area contributed by atoms with Crippen LogP contribution in [0.2, 0.25) is 0 Å². The minimum absolute atomic E-state index is 0.0706. The fourth-order valence-electron chi connectivity index (χ4n) is 4.01. The molecule has 37 heavy (non-hydrogen) atoms. The van der Waals surface area contributed by atoms with Gasteiger partial charge >= 0.3 is 0 Å². The molecule has 1 aliphatic rings. The van der Waals surface area contributed by atoms with Gasteiger partial charge < -0.3 is 4.74 Å². The molecule has 0 bridgehead atoms. The maximum absolute atomic E-state index is 13.8. The van der Waals surface area contributed by atoms with Gasteiger partial charge in [0.25, 0.3) is 5.91 Å². The summed E-state index contributed by atoms with van der Waals surface area (Å²) >= 11 is 4.86. The molecule has 0 spiro atoms. The average molecular weight is 570 g/mol. The molecule has 4 nitrogen and oxygen atoms in total. The van der Waals surface area contributed by atoms with Gasteiger partial charge in [0.2, 0.25) is 0 Å². The van der Waals surface area contributed by atoms with Crippen LogP contribution >= 0.6 is 27.7 Å². The lowest BCUT2D eigenvalue weighted by Crippen LogP contribution is -2.32. The lowest BCUT2D eigenvalue weighted by Gasteiger charge is -2.24. The van der Waals surface area contributed by atoms with Crippen LogP contribution in [0, 0.1) is 0 Å². The summed E-state index contributed by atoms with van der Waals surface area (Å²) in [5, 5.41) is 0.659. The van der Waals surface area contributed by atoms with E-state index in [0.29, 0.717) is 16.7 Å². The topological polar surface area (TPSA) is 41.9 Å². The Hall–Kier alpha value is -3.61. The number of thioether (sulfide) groups is 1. The number of aliphatic imine (C=N–C) groups is 1. The lowest BCUT2D eigenvalue weighted by atomic mass is 10.1. The molecule has 1 amide bonds. The third kappa shape index (κ3) is 6.04. The third-order valence-electron chi connectivity index (χ3n) is 6.00. The molecule has 0 radical (unpaired) electrons. The SMILES string of the molecule is C[C@@H](c1ccccc1)N1C(=O)/C(=C\c2ccccc2OCc2ccc(Br)cc2)SC1=Nc1ccccc1. The van der Waals surface area contributed by atoms with Crippen molar-refractivity contribution in [2.75, 3.05) is 0 Å². The Morgan fingerprint density at radius 2 is 1.54 bits per heavy atom. The molecule has 0 saturated carbocycles. The van der Waals surface area contributed by atoms with E-state index in [2.05, 4.69) is 15.9 Å². The van der Waals surface area contributed by atoms with E-state index in [1.165, 1.54) is 11.8 Å². The van der Waals surface area contributed by atoms with Gasteiger partial charge in [0, 0.05) is 10.0 Å². The molecule has 1 atom stereocenters. The molecule has 184 valence electrons. The summed E-state index contributed by atoms with van der Waals surface area (Å²) in [7, 11) is 0. The number of amides is 1. The Labute approximate surface area is 229 Å². The highest BCUT2D eigenvalue weighted by atomic mass is 79.9. The van der Waals surface area contributed by atoms with E-state index in [9.17, 15) is 4.79 Å². The van der Waals surface area contributed by atoms with Crippen LogP contribution in [0.4, 0.5) is 5.69 Å². The zero-order chi connectivity index (χ0) is 25.6. The van der Waals surface area contributed by atoms with Gasteiger partial charge in [-0.25, -0.2) is 4.99 Å². The first kappa shape index (κ1) is 25.1. The van der Waals surface area contributed by atoms with Gasteiger partial charge in [0.05, 0.1) is 16.6 Å². The van der Waals surface area contributed by atoms with Crippen LogP contribution in [0.5, 0.6) is 5.75 Å². The zero-order valence-corrected chi connectivity index (χ0v) is 22.7. The number of hydrogen-bond donors (Lipinski definition) is 0. The molecule has 0 aromatic heterocycles. The molecular formula is C31H25BrN2O2S. The van der Waals surface area contributed by atoms with E-state index in [1.54, 1.807) is 4.90 Å². The summed E-state index contributed by atoms with van der Waals surface area (Å²) in [5.74, 6) is 0.654. The second-order valence-corrected chi connectivity index (χ2v) is 10.5. The Kier molecular flexibility index (Phi) is 7.87. The van der Waals surface area contributed by atoms with E-state index in [4.69, 9.17) is 9.73 Å². The number of para-hydroxylation sites is 2. The smallest absolute Gasteiger partial charge is 0.267 e. The molecule has 0 aliphatic carbocycles. The molecule has 1 heterocycles. The molecule has 4 aromatic carbocycles. The summed E-state index contributed by atoms with van der Waals surface area (Å²) < 4.78 is 7.18. The van der Waals surface area contributed by atoms with Crippen molar-refractivity contribution in [3.05, 3.63) is 135 Å². The van der Waals surface area contributed by atoms with Crippen LogP contribution in [0.15, 0.2) is 124 Å². The molecule has 4 aromatic rings. The van der Waals surface area contributed by atoms with Crippen LogP contribution in [0.3, 0.4) is 0 Å². The third-order valence-corrected chi connectivity index (χ3v) is 7.51. The van der Waals surface area contributed by atoms with Crippen LogP contribution in [0.25, 0.3) is 6.08 Å². The van der Waals surface area contributed by atoms with Crippen LogP contribution in [0.1, 0.15) is 29.7 Å². The highest BCUT2D eigenvalue weighted by Gasteiger charge is 2.37. The van der Waals surface area contributed by atoms with Crippen LogP contribution in [-0.2, 0) is 11.4 Å². The number of carbonyl (C=O) groups is 1. The second kappa shape index (κ2) is 11.6. The summed E-state index contributed by atoms with van der Waals surface area (Å²) in [6.07, 6.45) is 1.90. The number of carbonyl (C=O) groups excluding carboxylic acids is 1. The monoisotopic (exact) mass is 568 g/mol. The largest absolute Gasteiger partial charge is 0.488 e. The van der Waals surface area contributed by atoms with E-state index in [-0.39, 0.29) is 11.9 Å². The number of rotatable bonds is 7. The maximum Gasteiger partial charge on any atom is 0.267 e. The van der Waals surface area contributed by atoms with Crippen LogP contribution < -0.4 is 4.74 Å². The van der Waals surface area contributed by atoms with Gasteiger partial charge in [-0.3, -0.25) is 9.69 Å². The molecule has 1 saturated heterocycles. The highest BCUT2D eigenvalue weighted by molar-refractivity contribution is 9.10.